The molecule has 3 rings (SSSR count). The Bertz CT molecular complexity index is 1020. The Kier molecular flexibility index (Phi) is 6.47. The van der Waals surface area contributed by atoms with Gasteiger partial charge in [0.15, 0.2) is 11.2 Å². The van der Waals surface area contributed by atoms with E-state index in [2.05, 4.69) is 10.1 Å². The molecule has 2 aromatic rings. The highest BCUT2D eigenvalue weighted by Crippen LogP contribution is 2.48. The Morgan fingerprint density at radius 1 is 1.00 bits per heavy atom. The van der Waals surface area contributed by atoms with Crippen molar-refractivity contribution in [2.45, 2.75) is 14.8 Å². The topological polar surface area (TPSA) is 38.3 Å². The van der Waals surface area contributed by atoms with E-state index in [0.29, 0.717) is 6.08 Å². The molecule has 4 atom stereocenters. The number of anilines is 1. The maximum Gasteiger partial charge on any atom is 0.322 e. The van der Waals surface area contributed by atoms with Crippen LogP contribution in [0.25, 0.3) is 0 Å². The van der Waals surface area contributed by atoms with Gasteiger partial charge in [0.1, 0.15) is 5.92 Å². The van der Waals surface area contributed by atoms with Crippen LogP contribution in [-0.2, 0) is 4.79 Å². The number of esters is 1. The lowest BCUT2D eigenvalue weighted by Crippen LogP contribution is -2.59. The Morgan fingerprint density at radius 3 is 2.06 bits per heavy atom. The first-order chi connectivity index (χ1) is 14.4. The number of alkyl halides is 4. The molecule has 1 aliphatic carbocycles. The third-order valence-corrected chi connectivity index (χ3v) is 5.83. The summed E-state index contributed by atoms with van der Waals surface area (Å²) in [6, 6.07) is 7.46. The fraction of sp³-hybridized carbons (Fsp3) is 0.211. The van der Waals surface area contributed by atoms with Crippen LogP contribution in [0.5, 0.6) is 5.75 Å². The third kappa shape index (κ3) is 4.21. The van der Waals surface area contributed by atoms with Crippen molar-refractivity contribution in [3.63, 3.8) is 0 Å². The van der Waals surface area contributed by atoms with Gasteiger partial charge in [0.25, 0.3) is 0 Å². The lowest BCUT2D eigenvalue weighted by Gasteiger charge is -2.42. The highest BCUT2D eigenvalue weighted by Gasteiger charge is 2.59. The average molecular weight is 580 g/mol. The van der Waals surface area contributed by atoms with E-state index in [0.717, 1.165) is 28.7 Å². The summed E-state index contributed by atoms with van der Waals surface area (Å²) in [5.41, 5.74) is 0.150. The maximum absolute atomic E-state index is 15.0. The summed E-state index contributed by atoms with van der Waals surface area (Å²) >= 11 is 7.36. The first kappa shape index (κ1) is 23.6. The second-order valence-electron chi connectivity index (χ2n) is 6.45. The van der Waals surface area contributed by atoms with Gasteiger partial charge in [-0.1, -0.05) is 35.9 Å². The molecule has 1 aliphatic rings. The minimum Gasteiger partial charge on any atom is -0.419 e. The Balaban J connectivity index is 2.02. The third-order valence-electron chi connectivity index (χ3n) is 4.41. The van der Waals surface area contributed by atoms with Crippen LogP contribution in [-0.4, -0.2) is 20.8 Å². The maximum atomic E-state index is 15.0. The molecule has 2 aromatic carbocycles. The minimum absolute atomic E-state index is 0.150. The number of allylic oxidation sites excluding steroid dienone is 1. The molecule has 0 heterocycles. The van der Waals surface area contributed by atoms with Gasteiger partial charge in [-0.25, -0.2) is 22.0 Å². The fourth-order valence-electron chi connectivity index (χ4n) is 2.86. The number of hydrogen-bond acceptors (Lipinski definition) is 3. The smallest absolute Gasteiger partial charge is 0.322 e. The number of hydrogen-bond donors (Lipinski definition) is 1. The van der Waals surface area contributed by atoms with Crippen molar-refractivity contribution >= 4 is 45.8 Å². The molecule has 166 valence electrons. The second-order valence-corrected chi connectivity index (χ2v) is 8.73. The number of halogens is 9. The molecule has 4 unspecified atom stereocenters. The summed E-state index contributed by atoms with van der Waals surface area (Å²) in [6.07, 6.45) is -1.20. The Morgan fingerprint density at radius 2 is 1.52 bits per heavy atom. The van der Waals surface area contributed by atoms with Crippen molar-refractivity contribution in [2.75, 3.05) is 5.32 Å². The summed E-state index contributed by atoms with van der Waals surface area (Å²) in [7, 11) is 0. The van der Waals surface area contributed by atoms with Gasteiger partial charge in [-0.3, -0.25) is 4.79 Å². The van der Waals surface area contributed by atoms with Crippen LogP contribution in [0.15, 0.2) is 42.5 Å². The van der Waals surface area contributed by atoms with E-state index < -0.39 is 61.6 Å². The van der Waals surface area contributed by atoms with Gasteiger partial charge < -0.3 is 10.1 Å². The van der Waals surface area contributed by atoms with Crippen LogP contribution in [0.3, 0.4) is 0 Å². The van der Waals surface area contributed by atoms with Gasteiger partial charge in [0, 0.05) is 5.69 Å². The van der Waals surface area contributed by atoms with Crippen LogP contribution >= 0.6 is 34.2 Å². The van der Waals surface area contributed by atoms with Gasteiger partial charge in [-0.2, -0.15) is 8.78 Å². The van der Waals surface area contributed by atoms with E-state index in [4.69, 9.17) is 11.6 Å². The lowest BCUT2D eigenvalue weighted by atomic mass is 9.86. The summed E-state index contributed by atoms with van der Waals surface area (Å²) < 4.78 is 99.0. The fourth-order valence-corrected chi connectivity index (χ4v) is 4.17. The van der Waals surface area contributed by atoms with Crippen LogP contribution in [0.4, 0.5) is 36.4 Å². The molecule has 3 nitrogen and oxygen atoms in total. The van der Waals surface area contributed by atoms with Gasteiger partial charge >= 0.3 is 5.97 Å². The summed E-state index contributed by atoms with van der Waals surface area (Å²) in [5.74, 6) is -17.5. The lowest BCUT2D eigenvalue weighted by molar-refractivity contribution is -0.139. The van der Waals surface area contributed by atoms with Crippen molar-refractivity contribution in [1.29, 1.82) is 0 Å². The average Bonchev–Trinajstić information content (AvgIpc) is 2.73. The molecular formula is C19H10ClF7INO2. The van der Waals surface area contributed by atoms with Crippen molar-refractivity contribution in [3.05, 3.63) is 71.6 Å². The summed E-state index contributed by atoms with van der Waals surface area (Å²) in [6.45, 7) is 0. The van der Waals surface area contributed by atoms with Crippen molar-refractivity contribution < 1.29 is 40.3 Å². The predicted octanol–water partition coefficient (Wildman–Crippen LogP) is 5.96. The Hall–Kier alpha value is -2.02. The van der Waals surface area contributed by atoms with Gasteiger partial charge in [-0.15, -0.1) is 0 Å². The van der Waals surface area contributed by atoms with Crippen LogP contribution in [0, 0.1) is 35.0 Å². The van der Waals surface area contributed by atoms with Crippen LogP contribution in [0.1, 0.15) is 0 Å². The van der Waals surface area contributed by atoms with E-state index >= 15 is 4.39 Å². The van der Waals surface area contributed by atoms with E-state index in [1.54, 1.807) is 6.07 Å². The molecule has 0 aliphatic heterocycles. The molecule has 0 aromatic heterocycles. The van der Waals surface area contributed by atoms with Crippen molar-refractivity contribution in [3.8, 4) is 5.75 Å². The number of ether oxygens (including phenoxy) is 1. The summed E-state index contributed by atoms with van der Waals surface area (Å²) in [5, 5.41) is 2.44. The zero-order valence-corrected chi connectivity index (χ0v) is 17.8. The molecule has 0 saturated heterocycles. The number of benzene rings is 2. The summed E-state index contributed by atoms with van der Waals surface area (Å²) in [4.78, 5) is 10.0. The highest BCUT2D eigenvalue weighted by atomic mass is 127. The largest absolute Gasteiger partial charge is 0.419 e. The molecule has 0 saturated carbocycles. The molecule has 0 spiro atoms. The molecular weight excluding hydrogens is 570 g/mol. The quantitative estimate of drug-likeness (QED) is 0.0560. The number of nitrogens with one attached hydrogen (secondary N) is 1. The highest BCUT2D eigenvalue weighted by molar-refractivity contribution is 14.1. The monoisotopic (exact) mass is 579 g/mol. The number of carbonyl (C=O) groups is 1. The predicted molar refractivity (Wildman–Crippen MR) is 106 cm³/mol. The standard InChI is InChI=1S/C19H10ClF7INO2/c20-19(29-8-4-2-1-3-5-8)9(6-7-18(27,28)17(19)26)16(30)31-15-13(24)11(22)10(21)12(23)14(15)25/h1-7,9,17,29H. The number of carbonyl (C=O) groups excluding carboxylic acids is 1. The molecule has 0 radical (unpaired) electrons. The zero-order valence-electron chi connectivity index (χ0n) is 14.9. The Labute approximate surface area is 189 Å². The molecule has 31 heavy (non-hydrogen) atoms. The number of para-hydroxylation sites is 1. The van der Waals surface area contributed by atoms with E-state index in [9.17, 15) is 31.1 Å². The normalized spacial score (nSPS) is 27.8. The van der Waals surface area contributed by atoms with Crippen LogP contribution in [0.2, 0.25) is 0 Å². The SMILES string of the molecule is O=C(Oc1c(F)c(F)c(F)c(F)c1F)C1C=CC(F)(I)C(F)C1(Cl)Nc1ccccc1. The number of rotatable bonds is 4. The second kappa shape index (κ2) is 8.49. The van der Waals surface area contributed by atoms with Crippen LogP contribution < -0.4 is 10.1 Å². The van der Waals surface area contributed by atoms with Crippen molar-refractivity contribution in [2.24, 2.45) is 5.92 Å². The van der Waals surface area contributed by atoms with E-state index in [1.807, 2.05) is 0 Å². The first-order valence-electron chi connectivity index (χ1n) is 8.36. The van der Waals surface area contributed by atoms with Crippen molar-refractivity contribution in [1.82, 2.24) is 0 Å². The van der Waals surface area contributed by atoms with Gasteiger partial charge in [0.05, 0.1) is 0 Å². The van der Waals surface area contributed by atoms with E-state index in [1.165, 1.54) is 24.3 Å². The van der Waals surface area contributed by atoms with Gasteiger partial charge in [-0.05, 0) is 40.8 Å². The molecule has 0 fully saturated rings. The molecule has 1 N–H and O–H groups in total. The molecule has 12 heteroatoms. The van der Waals surface area contributed by atoms with E-state index in [-0.39, 0.29) is 5.69 Å². The molecule has 0 amide bonds. The molecule has 0 bridgehead atoms. The van der Waals surface area contributed by atoms with Gasteiger partial charge in [0.2, 0.25) is 38.5 Å². The first-order valence-corrected chi connectivity index (χ1v) is 9.82. The zero-order chi connectivity index (χ0) is 23.1. The minimum atomic E-state index is -2.69.